The van der Waals surface area contributed by atoms with Gasteiger partial charge in [-0.1, -0.05) is 5.16 Å². The van der Waals surface area contributed by atoms with Gasteiger partial charge in [-0.05, 0) is 24.3 Å². The number of aliphatic hydroxyl groups excluding tert-OH is 1. The topological polar surface area (TPSA) is 59.2 Å². The third kappa shape index (κ3) is 2.80. The van der Waals surface area contributed by atoms with E-state index in [1.807, 2.05) is 0 Å². The molecule has 16 heavy (non-hydrogen) atoms. The Morgan fingerprint density at radius 2 is 2.06 bits per heavy atom. The molecule has 1 aromatic heterocycles. The summed E-state index contributed by atoms with van der Waals surface area (Å²) >= 11 is 1.47. The Morgan fingerprint density at radius 1 is 1.31 bits per heavy atom. The van der Waals surface area contributed by atoms with Gasteiger partial charge in [0.2, 0.25) is 0 Å². The number of rotatable bonds is 4. The van der Waals surface area contributed by atoms with Crippen LogP contribution in [0.25, 0.3) is 0 Å². The molecular weight excluding hydrogens is 231 g/mol. The van der Waals surface area contributed by atoms with Gasteiger partial charge in [0, 0.05) is 4.90 Å². The molecule has 0 aliphatic rings. The van der Waals surface area contributed by atoms with Crippen LogP contribution in [-0.4, -0.2) is 15.2 Å². The summed E-state index contributed by atoms with van der Waals surface area (Å²) in [6.45, 7) is -0.256. The molecule has 0 aliphatic heterocycles. The first-order chi connectivity index (χ1) is 7.78. The van der Waals surface area contributed by atoms with E-state index in [0.29, 0.717) is 11.6 Å². The predicted octanol–water partition coefficient (Wildman–Crippen LogP) is 1.99. The molecule has 0 amide bonds. The zero-order valence-corrected chi connectivity index (χ0v) is 9.08. The third-order valence-electron chi connectivity index (χ3n) is 1.83. The van der Waals surface area contributed by atoms with Gasteiger partial charge in [-0.25, -0.2) is 4.39 Å². The average Bonchev–Trinajstić information content (AvgIpc) is 2.76. The molecule has 4 nitrogen and oxygen atoms in total. The second-order valence-corrected chi connectivity index (χ2v) is 4.05. The molecule has 6 heteroatoms. The molecule has 0 aliphatic carbocycles. The Kier molecular flexibility index (Phi) is 3.53. The second-order valence-electron chi connectivity index (χ2n) is 3.01. The van der Waals surface area contributed by atoms with Crippen molar-refractivity contribution in [3.63, 3.8) is 0 Å². The maximum absolute atomic E-state index is 12.6. The van der Waals surface area contributed by atoms with Gasteiger partial charge in [0.05, 0.1) is 5.75 Å². The molecule has 84 valence electrons. The fraction of sp³-hybridized carbons (Fsp3) is 0.200. The minimum absolute atomic E-state index is 0.203. The van der Waals surface area contributed by atoms with Crippen LogP contribution >= 0.6 is 11.8 Å². The van der Waals surface area contributed by atoms with E-state index in [-0.39, 0.29) is 18.3 Å². The Hall–Kier alpha value is -1.40. The van der Waals surface area contributed by atoms with Gasteiger partial charge in [0.1, 0.15) is 12.4 Å². The quantitative estimate of drug-likeness (QED) is 0.828. The Labute approximate surface area is 95.5 Å². The van der Waals surface area contributed by atoms with Crippen LogP contribution in [0.3, 0.4) is 0 Å². The van der Waals surface area contributed by atoms with Crippen LogP contribution in [0.15, 0.2) is 33.7 Å². The number of hydrogen-bond acceptors (Lipinski definition) is 5. The van der Waals surface area contributed by atoms with E-state index in [2.05, 4.69) is 10.1 Å². The van der Waals surface area contributed by atoms with Gasteiger partial charge in [-0.15, -0.1) is 11.8 Å². The zero-order valence-electron chi connectivity index (χ0n) is 8.26. The summed E-state index contributed by atoms with van der Waals surface area (Å²) in [5.74, 6) is 0.981. The molecule has 2 rings (SSSR count). The Balaban J connectivity index is 1.94. The second kappa shape index (κ2) is 5.09. The monoisotopic (exact) mass is 240 g/mol. The summed E-state index contributed by atoms with van der Waals surface area (Å²) < 4.78 is 17.4. The van der Waals surface area contributed by atoms with Gasteiger partial charge < -0.3 is 9.63 Å². The summed E-state index contributed by atoms with van der Waals surface area (Å²) in [6, 6.07) is 6.18. The van der Waals surface area contributed by atoms with Gasteiger partial charge in [-0.3, -0.25) is 0 Å². The van der Waals surface area contributed by atoms with Crippen molar-refractivity contribution < 1.29 is 14.0 Å². The van der Waals surface area contributed by atoms with Gasteiger partial charge >= 0.3 is 0 Å². The smallest absolute Gasteiger partial charge is 0.252 e. The summed E-state index contributed by atoms with van der Waals surface area (Å²) in [4.78, 5) is 4.87. The van der Waals surface area contributed by atoms with Crippen molar-refractivity contribution >= 4 is 11.8 Å². The summed E-state index contributed by atoms with van der Waals surface area (Å²) in [5.41, 5.74) is 0. The van der Waals surface area contributed by atoms with E-state index in [4.69, 9.17) is 9.63 Å². The van der Waals surface area contributed by atoms with Crippen molar-refractivity contribution in [2.75, 3.05) is 0 Å². The molecule has 0 bridgehead atoms. The summed E-state index contributed by atoms with van der Waals surface area (Å²) in [6.07, 6.45) is 0. The number of aromatic nitrogens is 2. The highest BCUT2D eigenvalue weighted by atomic mass is 32.2. The first-order valence-corrected chi connectivity index (χ1v) is 5.57. The van der Waals surface area contributed by atoms with E-state index >= 15 is 0 Å². The first-order valence-electron chi connectivity index (χ1n) is 4.58. The maximum Gasteiger partial charge on any atom is 0.252 e. The van der Waals surface area contributed by atoms with Crippen molar-refractivity contribution in [2.24, 2.45) is 0 Å². The van der Waals surface area contributed by atoms with E-state index in [1.165, 1.54) is 23.9 Å². The van der Waals surface area contributed by atoms with E-state index in [0.717, 1.165) is 4.90 Å². The fourth-order valence-electron chi connectivity index (χ4n) is 1.09. The molecule has 1 aromatic carbocycles. The van der Waals surface area contributed by atoms with Gasteiger partial charge in [0.25, 0.3) is 5.89 Å². The highest BCUT2D eigenvalue weighted by molar-refractivity contribution is 7.98. The molecule has 1 heterocycles. The predicted molar refractivity (Wildman–Crippen MR) is 56.2 cm³/mol. The molecule has 0 spiro atoms. The molecule has 0 unspecified atom stereocenters. The SMILES string of the molecule is OCc1nc(CSc2ccc(F)cc2)no1. The minimum Gasteiger partial charge on any atom is -0.387 e. The zero-order chi connectivity index (χ0) is 11.4. The molecule has 0 saturated heterocycles. The van der Waals surface area contributed by atoms with Crippen LogP contribution in [0.5, 0.6) is 0 Å². The maximum atomic E-state index is 12.6. The lowest BCUT2D eigenvalue weighted by Crippen LogP contribution is -1.86. The molecule has 2 aromatic rings. The molecule has 0 saturated carbocycles. The normalized spacial score (nSPS) is 10.6. The van der Waals surface area contributed by atoms with Crippen molar-refractivity contribution in [3.05, 3.63) is 41.8 Å². The number of halogens is 1. The highest BCUT2D eigenvalue weighted by Crippen LogP contribution is 2.21. The van der Waals surface area contributed by atoms with E-state index < -0.39 is 0 Å². The lowest BCUT2D eigenvalue weighted by Gasteiger charge is -1.97. The van der Waals surface area contributed by atoms with Gasteiger partial charge in [-0.2, -0.15) is 4.98 Å². The highest BCUT2D eigenvalue weighted by Gasteiger charge is 2.05. The molecule has 0 radical (unpaired) electrons. The number of nitrogens with zero attached hydrogens (tertiary/aromatic N) is 2. The summed E-state index contributed by atoms with van der Waals surface area (Å²) in [5, 5.41) is 12.4. The van der Waals surface area contributed by atoms with Gasteiger partial charge in [0.15, 0.2) is 5.82 Å². The van der Waals surface area contributed by atoms with E-state index in [9.17, 15) is 4.39 Å². The lowest BCUT2D eigenvalue weighted by molar-refractivity contribution is 0.222. The molecule has 0 atom stereocenters. The van der Waals surface area contributed by atoms with Crippen molar-refractivity contribution in [2.45, 2.75) is 17.3 Å². The Bertz CT molecular complexity index is 458. The van der Waals surface area contributed by atoms with E-state index in [1.54, 1.807) is 12.1 Å². The lowest BCUT2D eigenvalue weighted by atomic mass is 10.4. The number of thioether (sulfide) groups is 1. The standard InChI is InChI=1S/C10H9FN2O2S/c11-7-1-3-8(4-2-7)16-6-9-12-10(5-14)15-13-9/h1-4,14H,5-6H2. The van der Waals surface area contributed by atoms with Crippen LogP contribution < -0.4 is 0 Å². The number of aliphatic hydroxyl groups is 1. The Morgan fingerprint density at radius 3 is 2.69 bits per heavy atom. The average molecular weight is 240 g/mol. The van der Waals surface area contributed by atoms with Crippen LogP contribution in [0.4, 0.5) is 4.39 Å². The third-order valence-corrected chi connectivity index (χ3v) is 2.84. The first kappa shape index (κ1) is 11.1. The van der Waals surface area contributed by atoms with Crippen LogP contribution in [0.2, 0.25) is 0 Å². The largest absolute Gasteiger partial charge is 0.387 e. The van der Waals surface area contributed by atoms with Crippen LogP contribution in [0, 0.1) is 5.82 Å². The fourth-order valence-corrected chi connectivity index (χ4v) is 1.83. The molecule has 0 fully saturated rings. The molecular formula is C10H9FN2O2S. The van der Waals surface area contributed by atoms with Crippen molar-refractivity contribution in [1.82, 2.24) is 10.1 Å². The molecule has 1 N–H and O–H groups in total. The van der Waals surface area contributed by atoms with Crippen molar-refractivity contribution in [1.29, 1.82) is 0 Å². The van der Waals surface area contributed by atoms with Crippen LogP contribution in [0.1, 0.15) is 11.7 Å². The van der Waals surface area contributed by atoms with Crippen LogP contribution in [-0.2, 0) is 12.4 Å². The van der Waals surface area contributed by atoms with Crippen molar-refractivity contribution in [3.8, 4) is 0 Å². The minimum atomic E-state index is -0.258. The number of hydrogen-bond donors (Lipinski definition) is 1. The summed E-state index contributed by atoms with van der Waals surface area (Å²) in [7, 11) is 0. The number of benzene rings is 1.